The molecule has 0 aliphatic heterocycles. The van der Waals surface area contributed by atoms with E-state index in [1.54, 1.807) is 19.6 Å². The van der Waals surface area contributed by atoms with Crippen LogP contribution in [0.25, 0.3) is 0 Å². The van der Waals surface area contributed by atoms with E-state index in [0.29, 0.717) is 26.2 Å². The van der Waals surface area contributed by atoms with Gasteiger partial charge in [-0.15, -0.1) is 0 Å². The molecule has 0 saturated heterocycles. The molecule has 0 unspecified atom stereocenters. The van der Waals surface area contributed by atoms with Gasteiger partial charge in [-0.3, -0.25) is 4.90 Å². The lowest BCUT2D eigenvalue weighted by molar-refractivity contribution is 0.181. The summed E-state index contributed by atoms with van der Waals surface area (Å²) in [4.78, 5) is 6.45. The maximum absolute atomic E-state index is 13.3. The summed E-state index contributed by atoms with van der Waals surface area (Å²) in [5, 5.41) is -0.134. The second-order valence-corrected chi connectivity index (χ2v) is 9.71. The molecule has 1 fully saturated rings. The van der Waals surface area contributed by atoms with Crippen molar-refractivity contribution in [1.82, 2.24) is 14.5 Å². The van der Waals surface area contributed by atoms with Gasteiger partial charge in [0.25, 0.3) is 0 Å². The van der Waals surface area contributed by atoms with E-state index >= 15 is 0 Å². The van der Waals surface area contributed by atoms with E-state index in [2.05, 4.69) is 9.88 Å². The molecule has 0 bridgehead atoms. The summed E-state index contributed by atoms with van der Waals surface area (Å²) in [5.74, 6) is 0.872. The van der Waals surface area contributed by atoms with Gasteiger partial charge in [-0.1, -0.05) is 25.7 Å². The fraction of sp³-hybridized carbons (Fsp3) is 0.650. The van der Waals surface area contributed by atoms with Crippen molar-refractivity contribution in [3.8, 4) is 0 Å². The van der Waals surface area contributed by atoms with Crippen LogP contribution >= 0.6 is 0 Å². The molecule has 0 amide bonds. The molecule has 0 spiro atoms. The first-order chi connectivity index (χ1) is 13.5. The van der Waals surface area contributed by atoms with Gasteiger partial charge in [-0.25, -0.2) is 13.4 Å². The van der Waals surface area contributed by atoms with Gasteiger partial charge in [0.1, 0.15) is 5.76 Å². The van der Waals surface area contributed by atoms with E-state index in [4.69, 9.17) is 9.15 Å². The van der Waals surface area contributed by atoms with Crippen molar-refractivity contribution in [1.29, 1.82) is 0 Å². The SMILES string of the molecule is COCCn1c(CN(C)Cc2ccco2)cnc1S(=O)(=O)C1CCCCCC1. The lowest BCUT2D eigenvalue weighted by Crippen LogP contribution is -2.26. The Morgan fingerprint density at radius 1 is 1.25 bits per heavy atom. The van der Waals surface area contributed by atoms with Crippen LogP contribution in [0.4, 0.5) is 0 Å². The number of nitrogens with zero attached hydrogens (tertiary/aromatic N) is 3. The summed E-state index contributed by atoms with van der Waals surface area (Å²) in [5.41, 5.74) is 0.873. The fourth-order valence-electron chi connectivity index (χ4n) is 3.87. The lowest BCUT2D eigenvalue weighted by Gasteiger charge is -2.19. The molecule has 2 heterocycles. The van der Waals surface area contributed by atoms with Gasteiger partial charge in [0.2, 0.25) is 15.0 Å². The quantitative estimate of drug-likeness (QED) is 0.592. The minimum Gasteiger partial charge on any atom is -0.468 e. The average molecular weight is 410 g/mol. The summed E-state index contributed by atoms with van der Waals surface area (Å²) >= 11 is 0. The molecule has 0 atom stereocenters. The molecule has 0 N–H and O–H groups in total. The standard InChI is InChI=1S/C20H31N3O4S/c1-22(16-18-8-7-12-27-18)15-17-14-21-20(23(17)11-13-26-2)28(24,25)19-9-5-3-4-6-10-19/h7-8,12,14,19H,3-6,9-11,13,15-16H2,1-2H3. The molecule has 1 aliphatic rings. The third kappa shape index (κ3) is 5.04. The molecule has 0 radical (unpaired) electrons. The van der Waals surface area contributed by atoms with Crippen molar-refractivity contribution in [3.63, 3.8) is 0 Å². The van der Waals surface area contributed by atoms with E-state index in [9.17, 15) is 8.42 Å². The molecule has 3 rings (SSSR count). The second kappa shape index (κ2) is 9.71. The molecule has 2 aromatic rings. The number of imidazole rings is 1. The largest absolute Gasteiger partial charge is 0.468 e. The third-order valence-corrected chi connectivity index (χ3v) is 7.54. The summed E-state index contributed by atoms with van der Waals surface area (Å²) in [6.07, 6.45) is 8.99. The number of hydrogen-bond acceptors (Lipinski definition) is 6. The number of furan rings is 1. The van der Waals surface area contributed by atoms with E-state index in [-0.39, 0.29) is 10.4 Å². The maximum atomic E-state index is 13.3. The highest BCUT2D eigenvalue weighted by atomic mass is 32.2. The minimum absolute atomic E-state index is 0.192. The predicted octanol–water partition coefficient (Wildman–Crippen LogP) is 3.25. The van der Waals surface area contributed by atoms with E-state index in [1.807, 2.05) is 23.7 Å². The molecule has 2 aromatic heterocycles. The Hall–Kier alpha value is -1.64. The first-order valence-corrected chi connectivity index (χ1v) is 11.5. The van der Waals surface area contributed by atoms with E-state index < -0.39 is 9.84 Å². The van der Waals surface area contributed by atoms with Gasteiger partial charge in [-0.2, -0.15) is 0 Å². The Balaban J connectivity index is 1.82. The van der Waals surface area contributed by atoms with E-state index in [1.165, 1.54) is 0 Å². The molecule has 1 aliphatic carbocycles. The van der Waals surface area contributed by atoms with Crippen LogP contribution in [-0.2, 0) is 34.2 Å². The van der Waals surface area contributed by atoms with Crippen LogP contribution in [0.5, 0.6) is 0 Å². The van der Waals surface area contributed by atoms with Crippen LogP contribution < -0.4 is 0 Å². The minimum atomic E-state index is -3.45. The Morgan fingerprint density at radius 2 is 2.00 bits per heavy atom. The van der Waals surface area contributed by atoms with Gasteiger partial charge < -0.3 is 13.7 Å². The molecule has 7 nitrogen and oxygen atoms in total. The number of methoxy groups -OCH3 is 1. The zero-order valence-corrected chi connectivity index (χ0v) is 17.7. The van der Waals surface area contributed by atoms with E-state index in [0.717, 1.165) is 50.0 Å². The number of aromatic nitrogens is 2. The Kier molecular flexibility index (Phi) is 7.31. The predicted molar refractivity (Wildman–Crippen MR) is 107 cm³/mol. The van der Waals surface area contributed by atoms with Crippen molar-refractivity contribution in [3.05, 3.63) is 36.0 Å². The summed E-state index contributed by atoms with van der Waals surface area (Å²) < 4.78 is 39.1. The molecule has 0 aromatic carbocycles. The normalized spacial score (nSPS) is 16.5. The van der Waals surface area contributed by atoms with Crippen LogP contribution in [0, 0.1) is 0 Å². The fourth-order valence-corrected chi connectivity index (χ4v) is 5.84. The molecule has 8 heteroatoms. The molecular formula is C20H31N3O4S. The highest BCUT2D eigenvalue weighted by Gasteiger charge is 2.32. The number of rotatable bonds is 9. The average Bonchev–Trinajstić information content (AvgIpc) is 3.21. The Labute approximate surface area is 167 Å². The summed E-state index contributed by atoms with van der Waals surface area (Å²) in [6, 6.07) is 3.80. The van der Waals surface area contributed by atoms with Crippen LogP contribution in [0.1, 0.15) is 50.0 Å². The summed E-state index contributed by atoms with van der Waals surface area (Å²) in [7, 11) is 0.154. The van der Waals surface area contributed by atoms with Crippen LogP contribution in [-0.4, -0.2) is 48.9 Å². The monoisotopic (exact) mass is 409 g/mol. The van der Waals surface area contributed by atoms with Gasteiger partial charge in [0, 0.05) is 20.2 Å². The molecule has 156 valence electrons. The third-order valence-electron chi connectivity index (χ3n) is 5.35. The highest BCUT2D eigenvalue weighted by molar-refractivity contribution is 7.91. The van der Waals surface area contributed by atoms with Gasteiger partial charge in [0.05, 0.1) is 36.6 Å². The number of hydrogen-bond donors (Lipinski definition) is 0. The van der Waals surface area contributed by atoms with Crippen molar-refractivity contribution >= 4 is 9.84 Å². The topological polar surface area (TPSA) is 77.6 Å². The first-order valence-electron chi connectivity index (χ1n) is 10.0. The second-order valence-electron chi connectivity index (χ2n) is 7.59. The van der Waals surface area contributed by atoms with Crippen LogP contribution in [0.3, 0.4) is 0 Å². The van der Waals surface area contributed by atoms with Gasteiger partial charge in [0.15, 0.2) is 0 Å². The number of sulfone groups is 1. The molecule has 1 saturated carbocycles. The zero-order valence-electron chi connectivity index (χ0n) is 16.8. The molecular weight excluding hydrogens is 378 g/mol. The lowest BCUT2D eigenvalue weighted by atomic mass is 10.2. The van der Waals surface area contributed by atoms with Crippen molar-refractivity contribution in [2.24, 2.45) is 0 Å². The van der Waals surface area contributed by atoms with Crippen LogP contribution in [0.2, 0.25) is 0 Å². The Bertz CT molecular complexity index is 822. The van der Waals surface area contributed by atoms with Gasteiger partial charge in [-0.05, 0) is 32.0 Å². The smallest absolute Gasteiger partial charge is 0.228 e. The summed E-state index contributed by atoms with van der Waals surface area (Å²) in [6.45, 7) is 2.14. The van der Waals surface area contributed by atoms with Crippen molar-refractivity contribution in [2.45, 2.75) is 68.6 Å². The van der Waals surface area contributed by atoms with Gasteiger partial charge >= 0.3 is 0 Å². The number of ether oxygens (including phenoxy) is 1. The van der Waals surface area contributed by atoms with Crippen molar-refractivity contribution < 1.29 is 17.6 Å². The first kappa shape index (κ1) is 21.1. The highest BCUT2D eigenvalue weighted by Crippen LogP contribution is 2.28. The Morgan fingerprint density at radius 3 is 2.64 bits per heavy atom. The van der Waals surface area contributed by atoms with Crippen molar-refractivity contribution in [2.75, 3.05) is 20.8 Å². The van der Waals surface area contributed by atoms with Crippen LogP contribution in [0.15, 0.2) is 34.2 Å². The molecule has 28 heavy (non-hydrogen) atoms. The zero-order chi connectivity index (χ0) is 20.0. The maximum Gasteiger partial charge on any atom is 0.228 e.